The predicted octanol–water partition coefficient (Wildman–Crippen LogP) is 1.74. The average Bonchev–Trinajstić information content (AvgIpc) is 2.83. The maximum Gasteiger partial charge on any atom is 0.312 e. The molecule has 0 aromatic carbocycles. The SMILES string of the molecule is CCOC(=O)C1(C2CC2)CC1. The maximum atomic E-state index is 11.4. The number of ether oxygens (including phenoxy) is 1. The predicted molar refractivity (Wildman–Crippen MR) is 41.0 cm³/mol. The minimum Gasteiger partial charge on any atom is -0.466 e. The molecule has 0 saturated heterocycles. The van der Waals surface area contributed by atoms with Crippen LogP contribution in [0.15, 0.2) is 0 Å². The van der Waals surface area contributed by atoms with E-state index in [-0.39, 0.29) is 11.4 Å². The summed E-state index contributed by atoms with van der Waals surface area (Å²) in [6.07, 6.45) is 4.66. The molecule has 2 rings (SSSR count). The van der Waals surface area contributed by atoms with E-state index in [1.54, 1.807) is 0 Å². The summed E-state index contributed by atoms with van der Waals surface area (Å²) in [5, 5.41) is 0. The molecule has 2 nitrogen and oxygen atoms in total. The molecule has 0 aromatic rings. The van der Waals surface area contributed by atoms with Gasteiger partial charge in [0.25, 0.3) is 0 Å². The van der Waals surface area contributed by atoms with Gasteiger partial charge in [-0.3, -0.25) is 4.79 Å². The highest BCUT2D eigenvalue weighted by atomic mass is 16.5. The van der Waals surface area contributed by atoms with Crippen molar-refractivity contribution in [3.05, 3.63) is 0 Å². The summed E-state index contributed by atoms with van der Waals surface area (Å²) in [5.41, 5.74) is 0.00993. The molecule has 0 unspecified atom stereocenters. The molecule has 2 aliphatic rings. The second-order valence-electron chi connectivity index (χ2n) is 3.65. The van der Waals surface area contributed by atoms with Gasteiger partial charge in [-0.05, 0) is 38.5 Å². The molecule has 0 heterocycles. The molecule has 2 fully saturated rings. The zero-order valence-corrected chi connectivity index (χ0v) is 6.93. The number of esters is 1. The van der Waals surface area contributed by atoms with E-state index in [4.69, 9.17) is 4.74 Å². The van der Waals surface area contributed by atoms with E-state index in [9.17, 15) is 4.79 Å². The van der Waals surface area contributed by atoms with Crippen LogP contribution < -0.4 is 0 Å². The Balaban J connectivity index is 1.96. The van der Waals surface area contributed by atoms with Gasteiger partial charge in [-0.25, -0.2) is 0 Å². The van der Waals surface area contributed by atoms with Gasteiger partial charge in [0.2, 0.25) is 0 Å². The minimum atomic E-state index is 0.00993. The highest BCUT2D eigenvalue weighted by Gasteiger charge is 2.60. The van der Waals surface area contributed by atoms with E-state index in [1.165, 1.54) is 12.8 Å². The first kappa shape index (κ1) is 7.14. The largest absolute Gasteiger partial charge is 0.466 e. The summed E-state index contributed by atoms with van der Waals surface area (Å²) in [6.45, 7) is 2.41. The second-order valence-corrected chi connectivity index (χ2v) is 3.65. The molecule has 0 atom stereocenters. The molecule has 2 heteroatoms. The Morgan fingerprint density at radius 3 is 2.55 bits per heavy atom. The van der Waals surface area contributed by atoms with Crippen LogP contribution in [0.4, 0.5) is 0 Å². The summed E-state index contributed by atoms with van der Waals surface area (Å²) in [6, 6.07) is 0. The molecule has 0 bridgehead atoms. The lowest BCUT2D eigenvalue weighted by atomic mass is 10.0. The quantitative estimate of drug-likeness (QED) is 0.579. The molecule has 0 N–H and O–H groups in total. The van der Waals surface area contributed by atoms with Crippen molar-refractivity contribution in [2.75, 3.05) is 6.61 Å². The molecular weight excluding hydrogens is 140 g/mol. The minimum absolute atomic E-state index is 0.00993. The molecule has 0 aromatic heterocycles. The average molecular weight is 154 g/mol. The third kappa shape index (κ3) is 1.05. The van der Waals surface area contributed by atoms with Gasteiger partial charge in [-0.1, -0.05) is 0 Å². The van der Waals surface area contributed by atoms with Crippen molar-refractivity contribution in [3.63, 3.8) is 0 Å². The first-order valence-electron chi connectivity index (χ1n) is 4.47. The molecule has 2 aliphatic carbocycles. The molecule has 0 aliphatic heterocycles. The number of carbonyl (C=O) groups is 1. The monoisotopic (exact) mass is 154 g/mol. The van der Waals surface area contributed by atoms with Gasteiger partial charge in [-0.2, -0.15) is 0 Å². The Bertz CT molecular complexity index is 178. The lowest BCUT2D eigenvalue weighted by molar-refractivity contribution is -0.150. The van der Waals surface area contributed by atoms with E-state index in [0.29, 0.717) is 12.5 Å². The lowest BCUT2D eigenvalue weighted by Crippen LogP contribution is -2.20. The van der Waals surface area contributed by atoms with Crippen LogP contribution in [0, 0.1) is 11.3 Å². The highest BCUT2D eigenvalue weighted by Crippen LogP contribution is 2.61. The van der Waals surface area contributed by atoms with E-state index in [2.05, 4.69) is 0 Å². The number of hydrogen-bond acceptors (Lipinski definition) is 2. The van der Waals surface area contributed by atoms with E-state index in [0.717, 1.165) is 12.8 Å². The van der Waals surface area contributed by atoms with Crippen molar-refractivity contribution in [1.29, 1.82) is 0 Å². The first-order valence-corrected chi connectivity index (χ1v) is 4.47. The van der Waals surface area contributed by atoms with Gasteiger partial charge < -0.3 is 4.74 Å². The van der Waals surface area contributed by atoms with Crippen molar-refractivity contribution in [2.45, 2.75) is 32.6 Å². The fraction of sp³-hybridized carbons (Fsp3) is 0.889. The van der Waals surface area contributed by atoms with Crippen molar-refractivity contribution < 1.29 is 9.53 Å². The Kier molecular flexibility index (Phi) is 1.44. The van der Waals surface area contributed by atoms with Crippen LogP contribution in [0.5, 0.6) is 0 Å². The van der Waals surface area contributed by atoms with Crippen molar-refractivity contribution in [1.82, 2.24) is 0 Å². The Labute approximate surface area is 66.9 Å². The van der Waals surface area contributed by atoms with E-state index >= 15 is 0 Å². The summed E-state index contributed by atoms with van der Waals surface area (Å²) < 4.78 is 5.03. The third-order valence-corrected chi connectivity index (χ3v) is 2.83. The Hall–Kier alpha value is -0.530. The lowest BCUT2D eigenvalue weighted by Gasteiger charge is -2.11. The normalized spacial score (nSPS) is 26.3. The number of rotatable bonds is 3. The van der Waals surface area contributed by atoms with Crippen LogP contribution in [0.25, 0.3) is 0 Å². The molecule has 11 heavy (non-hydrogen) atoms. The standard InChI is InChI=1S/C9H14O2/c1-2-11-8(10)9(5-6-9)7-3-4-7/h7H,2-6H2,1H3. The van der Waals surface area contributed by atoms with Crippen LogP contribution in [-0.2, 0) is 9.53 Å². The first-order chi connectivity index (χ1) is 5.29. The molecule has 0 radical (unpaired) electrons. The molecular formula is C9H14O2. The summed E-state index contributed by atoms with van der Waals surface area (Å²) in [5.74, 6) is 0.754. The summed E-state index contributed by atoms with van der Waals surface area (Å²) in [7, 11) is 0. The van der Waals surface area contributed by atoms with Gasteiger partial charge in [-0.15, -0.1) is 0 Å². The van der Waals surface area contributed by atoms with Crippen molar-refractivity contribution in [2.24, 2.45) is 11.3 Å². The van der Waals surface area contributed by atoms with Crippen molar-refractivity contribution in [3.8, 4) is 0 Å². The molecule has 0 amide bonds. The van der Waals surface area contributed by atoms with Crippen LogP contribution in [0.2, 0.25) is 0 Å². The molecule has 62 valence electrons. The van der Waals surface area contributed by atoms with Crippen LogP contribution >= 0.6 is 0 Å². The van der Waals surface area contributed by atoms with Crippen LogP contribution in [0.3, 0.4) is 0 Å². The Morgan fingerprint density at radius 2 is 2.18 bits per heavy atom. The maximum absolute atomic E-state index is 11.4. The molecule has 2 saturated carbocycles. The number of carbonyl (C=O) groups excluding carboxylic acids is 1. The van der Waals surface area contributed by atoms with Gasteiger partial charge in [0, 0.05) is 0 Å². The number of hydrogen-bond donors (Lipinski definition) is 0. The van der Waals surface area contributed by atoms with Gasteiger partial charge in [0.1, 0.15) is 0 Å². The fourth-order valence-corrected chi connectivity index (χ4v) is 1.82. The smallest absolute Gasteiger partial charge is 0.312 e. The van der Waals surface area contributed by atoms with Crippen molar-refractivity contribution >= 4 is 5.97 Å². The second kappa shape index (κ2) is 2.23. The zero-order chi connectivity index (χ0) is 7.90. The van der Waals surface area contributed by atoms with Crippen LogP contribution in [-0.4, -0.2) is 12.6 Å². The van der Waals surface area contributed by atoms with Gasteiger partial charge in [0.05, 0.1) is 12.0 Å². The van der Waals surface area contributed by atoms with E-state index < -0.39 is 0 Å². The van der Waals surface area contributed by atoms with Crippen LogP contribution in [0.1, 0.15) is 32.6 Å². The van der Waals surface area contributed by atoms with Gasteiger partial charge >= 0.3 is 5.97 Å². The van der Waals surface area contributed by atoms with Gasteiger partial charge in [0.15, 0.2) is 0 Å². The Morgan fingerprint density at radius 1 is 1.55 bits per heavy atom. The third-order valence-electron chi connectivity index (χ3n) is 2.83. The molecule has 0 spiro atoms. The fourth-order valence-electron chi connectivity index (χ4n) is 1.82. The highest BCUT2D eigenvalue weighted by molar-refractivity contribution is 5.80. The summed E-state index contributed by atoms with van der Waals surface area (Å²) >= 11 is 0. The summed E-state index contributed by atoms with van der Waals surface area (Å²) in [4.78, 5) is 11.4. The van der Waals surface area contributed by atoms with E-state index in [1.807, 2.05) is 6.92 Å². The zero-order valence-electron chi connectivity index (χ0n) is 6.93. The topological polar surface area (TPSA) is 26.3 Å².